The van der Waals surface area contributed by atoms with Gasteiger partial charge in [-0.3, -0.25) is 5.43 Å². The molecule has 0 spiro atoms. The van der Waals surface area contributed by atoms with E-state index < -0.39 is 0 Å². The molecule has 0 rings (SSSR count). The van der Waals surface area contributed by atoms with Crippen LogP contribution in [0.4, 0.5) is 0 Å². The molecule has 0 saturated carbocycles. The zero-order chi connectivity index (χ0) is 9.40. The Morgan fingerprint density at radius 1 is 1.33 bits per heavy atom. The van der Waals surface area contributed by atoms with Crippen LogP contribution in [0, 0.1) is 5.92 Å². The van der Waals surface area contributed by atoms with Crippen LogP contribution in [-0.2, 0) is 0 Å². The van der Waals surface area contributed by atoms with Crippen molar-refractivity contribution >= 4 is 0 Å². The van der Waals surface area contributed by atoms with Crippen molar-refractivity contribution in [1.29, 1.82) is 0 Å². The van der Waals surface area contributed by atoms with E-state index in [1.807, 2.05) is 0 Å². The highest BCUT2D eigenvalue weighted by Gasteiger charge is 2.02. The first-order chi connectivity index (χ1) is 5.74. The normalized spacial score (nSPS) is 13.8. The first-order valence-electron chi connectivity index (χ1n) is 4.83. The molecule has 3 heteroatoms. The van der Waals surface area contributed by atoms with Gasteiger partial charge in [0.1, 0.15) is 0 Å². The second kappa shape index (κ2) is 7.53. The summed E-state index contributed by atoms with van der Waals surface area (Å²) in [5.41, 5.74) is 3.33. The van der Waals surface area contributed by atoms with E-state index in [4.69, 9.17) is 5.11 Å². The molecule has 0 bridgehead atoms. The molecule has 0 aliphatic heterocycles. The molecule has 0 fully saturated rings. The van der Waals surface area contributed by atoms with Gasteiger partial charge in [0.25, 0.3) is 0 Å². The van der Waals surface area contributed by atoms with Crippen LogP contribution in [0.15, 0.2) is 0 Å². The maximum Gasteiger partial charge on any atom is 0.0434 e. The molecule has 3 nitrogen and oxygen atoms in total. The summed E-state index contributed by atoms with van der Waals surface area (Å²) in [7, 11) is 0. The Bertz CT molecular complexity index is 94.5. The van der Waals surface area contributed by atoms with Gasteiger partial charge in [0, 0.05) is 26.2 Å². The minimum Gasteiger partial charge on any atom is -0.396 e. The third kappa shape index (κ3) is 5.52. The lowest BCUT2D eigenvalue weighted by atomic mass is 10.1. The predicted molar refractivity (Wildman–Crippen MR) is 51.8 cm³/mol. The van der Waals surface area contributed by atoms with Gasteiger partial charge in [0.05, 0.1) is 0 Å². The van der Waals surface area contributed by atoms with Crippen LogP contribution in [0.25, 0.3) is 0 Å². The smallest absolute Gasteiger partial charge is 0.0434 e. The Kier molecular flexibility index (Phi) is 7.45. The second-order valence-electron chi connectivity index (χ2n) is 3.15. The van der Waals surface area contributed by atoms with Gasteiger partial charge in [-0.05, 0) is 12.3 Å². The summed E-state index contributed by atoms with van der Waals surface area (Å²) in [5, 5.41) is 10.8. The first-order valence-corrected chi connectivity index (χ1v) is 4.83. The lowest BCUT2D eigenvalue weighted by Gasteiger charge is -2.21. The van der Waals surface area contributed by atoms with Crippen LogP contribution in [-0.4, -0.2) is 36.4 Å². The molecule has 0 amide bonds. The summed E-state index contributed by atoms with van der Waals surface area (Å²) in [6.07, 6.45) is 0.883. The first kappa shape index (κ1) is 11.9. The Balaban J connectivity index is 3.37. The molecule has 12 heavy (non-hydrogen) atoms. The van der Waals surface area contributed by atoms with Gasteiger partial charge in [-0.15, -0.1) is 0 Å². The average molecular weight is 174 g/mol. The fraction of sp³-hybridized carbons (Fsp3) is 1.00. The molecule has 1 atom stereocenters. The Labute approximate surface area is 75.7 Å². The molecular weight excluding hydrogens is 152 g/mol. The maximum atomic E-state index is 8.67. The van der Waals surface area contributed by atoms with Crippen LogP contribution in [0.2, 0.25) is 0 Å². The summed E-state index contributed by atoms with van der Waals surface area (Å²) in [6.45, 7) is 9.72. The molecule has 0 aromatic rings. The molecular formula is C9H22N2O. The van der Waals surface area contributed by atoms with Crippen molar-refractivity contribution in [2.45, 2.75) is 27.2 Å². The van der Waals surface area contributed by atoms with Gasteiger partial charge >= 0.3 is 0 Å². The van der Waals surface area contributed by atoms with E-state index in [2.05, 4.69) is 31.2 Å². The molecule has 0 aliphatic carbocycles. The molecule has 2 N–H and O–H groups in total. The molecule has 0 heterocycles. The van der Waals surface area contributed by atoms with Gasteiger partial charge < -0.3 is 5.11 Å². The number of hydrazine groups is 1. The minimum absolute atomic E-state index is 0.293. The van der Waals surface area contributed by atoms with E-state index in [9.17, 15) is 0 Å². The van der Waals surface area contributed by atoms with E-state index in [0.29, 0.717) is 12.5 Å². The number of aliphatic hydroxyl groups is 1. The van der Waals surface area contributed by atoms with Crippen LogP contribution in [0.1, 0.15) is 27.2 Å². The maximum absolute atomic E-state index is 8.67. The molecule has 0 aromatic heterocycles. The van der Waals surface area contributed by atoms with E-state index in [1.54, 1.807) is 0 Å². The van der Waals surface area contributed by atoms with Crippen LogP contribution >= 0.6 is 0 Å². The van der Waals surface area contributed by atoms with Crippen molar-refractivity contribution in [1.82, 2.24) is 10.4 Å². The number of hydrogen-bond donors (Lipinski definition) is 2. The lowest BCUT2D eigenvalue weighted by molar-refractivity contribution is 0.182. The predicted octanol–water partition coefficient (Wildman–Crippen LogP) is 0.851. The zero-order valence-electron chi connectivity index (χ0n) is 8.51. The van der Waals surface area contributed by atoms with Crippen LogP contribution < -0.4 is 5.43 Å². The van der Waals surface area contributed by atoms with Gasteiger partial charge in [-0.1, -0.05) is 20.8 Å². The standard InChI is InChI=1S/C9H22N2O/c1-4-11(5-2)10-8-9(3)6-7-12/h9-10,12H,4-8H2,1-3H3. The van der Waals surface area contributed by atoms with Crippen molar-refractivity contribution in [3.05, 3.63) is 0 Å². The fourth-order valence-corrected chi connectivity index (χ4v) is 1.05. The molecule has 0 radical (unpaired) electrons. The van der Waals surface area contributed by atoms with Crippen LogP contribution in [0.5, 0.6) is 0 Å². The second-order valence-corrected chi connectivity index (χ2v) is 3.15. The van der Waals surface area contributed by atoms with E-state index in [-0.39, 0.29) is 0 Å². The van der Waals surface area contributed by atoms with E-state index in [1.165, 1.54) is 0 Å². The van der Waals surface area contributed by atoms with Gasteiger partial charge in [-0.2, -0.15) is 0 Å². The Morgan fingerprint density at radius 3 is 2.33 bits per heavy atom. The minimum atomic E-state index is 0.293. The highest BCUT2D eigenvalue weighted by molar-refractivity contribution is 4.55. The number of hydrogen-bond acceptors (Lipinski definition) is 3. The summed E-state index contributed by atoms with van der Waals surface area (Å²) in [4.78, 5) is 0. The van der Waals surface area contributed by atoms with E-state index >= 15 is 0 Å². The quantitative estimate of drug-likeness (QED) is 0.562. The zero-order valence-corrected chi connectivity index (χ0v) is 8.51. The van der Waals surface area contributed by atoms with Gasteiger partial charge in [0.2, 0.25) is 0 Å². The third-order valence-electron chi connectivity index (χ3n) is 2.05. The number of nitrogens with zero attached hydrogens (tertiary/aromatic N) is 1. The molecule has 0 aliphatic rings. The molecule has 74 valence electrons. The summed E-state index contributed by atoms with van der Waals surface area (Å²) in [6, 6.07) is 0. The fourth-order valence-electron chi connectivity index (χ4n) is 1.05. The van der Waals surface area contributed by atoms with E-state index in [0.717, 1.165) is 26.1 Å². The van der Waals surface area contributed by atoms with Crippen molar-refractivity contribution in [2.75, 3.05) is 26.2 Å². The van der Waals surface area contributed by atoms with Crippen LogP contribution in [0.3, 0.4) is 0 Å². The van der Waals surface area contributed by atoms with Crippen molar-refractivity contribution in [3.63, 3.8) is 0 Å². The van der Waals surface area contributed by atoms with Gasteiger partial charge in [-0.25, -0.2) is 5.01 Å². The number of nitrogens with one attached hydrogen (secondary N) is 1. The molecule has 1 unspecified atom stereocenters. The number of rotatable bonds is 7. The summed E-state index contributed by atoms with van der Waals surface area (Å²) in [5.74, 6) is 0.551. The third-order valence-corrected chi connectivity index (χ3v) is 2.05. The Hall–Kier alpha value is -0.120. The number of aliphatic hydroxyl groups excluding tert-OH is 1. The van der Waals surface area contributed by atoms with Crippen molar-refractivity contribution < 1.29 is 5.11 Å². The topological polar surface area (TPSA) is 35.5 Å². The highest BCUT2D eigenvalue weighted by atomic mass is 16.3. The monoisotopic (exact) mass is 174 g/mol. The largest absolute Gasteiger partial charge is 0.396 e. The molecule has 0 aromatic carbocycles. The van der Waals surface area contributed by atoms with Crippen molar-refractivity contribution in [3.8, 4) is 0 Å². The summed E-state index contributed by atoms with van der Waals surface area (Å²) >= 11 is 0. The Morgan fingerprint density at radius 2 is 1.92 bits per heavy atom. The summed E-state index contributed by atoms with van der Waals surface area (Å²) < 4.78 is 0. The van der Waals surface area contributed by atoms with Crippen molar-refractivity contribution in [2.24, 2.45) is 5.92 Å². The lowest BCUT2D eigenvalue weighted by Crippen LogP contribution is -2.40. The molecule has 0 saturated heterocycles. The highest BCUT2D eigenvalue weighted by Crippen LogP contribution is 1.98. The SMILES string of the molecule is CCN(CC)NCC(C)CCO. The average Bonchev–Trinajstić information content (AvgIpc) is 2.07. The van der Waals surface area contributed by atoms with Gasteiger partial charge in [0.15, 0.2) is 0 Å².